The predicted octanol–water partition coefficient (Wildman–Crippen LogP) is 4.12. The molecule has 1 aliphatic carbocycles. The number of rotatable bonds is 6. The molecule has 0 amide bonds. The van der Waals surface area contributed by atoms with Crippen LogP contribution in [0.4, 0.5) is 4.39 Å². The van der Waals surface area contributed by atoms with Crippen LogP contribution in [-0.4, -0.2) is 51.1 Å². The first-order valence-corrected chi connectivity index (χ1v) is 12.1. The Hall–Kier alpha value is -2.10. The van der Waals surface area contributed by atoms with Gasteiger partial charge in [-0.15, -0.1) is 5.10 Å². The molecule has 168 valence electrons. The fourth-order valence-corrected chi connectivity index (χ4v) is 5.28. The summed E-state index contributed by atoms with van der Waals surface area (Å²) in [5, 5.41) is 12.1. The molecule has 1 aromatic carbocycles. The predicted molar refractivity (Wildman–Crippen MR) is 122 cm³/mol. The van der Waals surface area contributed by atoms with E-state index in [0.29, 0.717) is 29.5 Å². The van der Waals surface area contributed by atoms with E-state index in [9.17, 15) is 4.39 Å². The molecule has 2 saturated heterocycles. The number of benzene rings is 1. The van der Waals surface area contributed by atoms with Gasteiger partial charge in [-0.25, -0.2) is 14.1 Å². The average molecular weight is 501 g/mol. The third kappa shape index (κ3) is 3.91. The zero-order chi connectivity index (χ0) is 21.7. The van der Waals surface area contributed by atoms with Crippen LogP contribution in [0, 0.1) is 17.2 Å². The number of nitrogens with one attached hydrogen (secondary N) is 1. The van der Waals surface area contributed by atoms with Gasteiger partial charge in [0.15, 0.2) is 0 Å². The van der Waals surface area contributed by atoms with E-state index >= 15 is 0 Å². The molecule has 1 saturated carbocycles. The van der Waals surface area contributed by atoms with Crippen molar-refractivity contribution in [3.8, 4) is 11.6 Å². The number of likely N-dealkylation sites (tertiary alicyclic amines) is 1. The largest absolute Gasteiger partial charge is 0.437 e. The second kappa shape index (κ2) is 8.04. The Morgan fingerprint density at radius 2 is 2.03 bits per heavy atom. The smallest absolute Gasteiger partial charge is 0.223 e. The molecular weight excluding hydrogens is 475 g/mol. The Morgan fingerprint density at radius 1 is 1.22 bits per heavy atom. The van der Waals surface area contributed by atoms with Crippen LogP contribution in [0.5, 0.6) is 11.6 Å². The van der Waals surface area contributed by atoms with Gasteiger partial charge in [-0.3, -0.25) is 4.90 Å². The van der Waals surface area contributed by atoms with Crippen molar-refractivity contribution in [2.45, 2.75) is 38.8 Å². The third-order valence-electron chi connectivity index (χ3n) is 7.13. The Morgan fingerprint density at radius 3 is 2.75 bits per heavy atom. The van der Waals surface area contributed by atoms with Crippen molar-refractivity contribution in [3.63, 3.8) is 0 Å². The van der Waals surface area contributed by atoms with E-state index in [1.165, 1.54) is 37.9 Å². The van der Waals surface area contributed by atoms with Gasteiger partial charge in [0.2, 0.25) is 5.88 Å². The zero-order valence-corrected chi connectivity index (χ0v) is 19.4. The summed E-state index contributed by atoms with van der Waals surface area (Å²) in [7, 11) is 0. The van der Waals surface area contributed by atoms with Gasteiger partial charge in [-0.1, -0.05) is 5.21 Å². The Kier molecular flexibility index (Phi) is 5.15. The van der Waals surface area contributed by atoms with Crippen molar-refractivity contribution in [1.82, 2.24) is 30.2 Å². The third-order valence-corrected chi connectivity index (χ3v) is 7.89. The standard InChI is InChI=1S/C23H26BrFN6O/c24-20-19(4-3-18-21(20)28-29-31(18)11-15-1-2-15)32-22-16(9-17(25)10-27-22)12-30-7-5-23(6-8-30)13-26-14-23/h3-4,9-10,15,26H,1-2,5-8,11-14H2. The monoisotopic (exact) mass is 500 g/mol. The van der Waals surface area contributed by atoms with Crippen molar-refractivity contribution in [1.29, 1.82) is 0 Å². The zero-order valence-electron chi connectivity index (χ0n) is 17.9. The molecule has 2 aliphatic heterocycles. The van der Waals surface area contributed by atoms with E-state index in [4.69, 9.17) is 4.74 Å². The van der Waals surface area contributed by atoms with Crippen molar-refractivity contribution >= 4 is 27.0 Å². The van der Waals surface area contributed by atoms with Crippen LogP contribution in [0.1, 0.15) is 31.2 Å². The molecule has 0 bridgehead atoms. The van der Waals surface area contributed by atoms with Crippen LogP contribution < -0.4 is 10.1 Å². The molecule has 4 heterocycles. The van der Waals surface area contributed by atoms with Crippen LogP contribution >= 0.6 is 15.9 Å². The second-order valence-electron chi connectivity index (χ2n) is 9.56. The minimum Gasteiger partial charge on any atom is -0.437 e. The highest BCUT2D eigenvalue weighted by molar-refractivity contribution is 9.10. The Labute approximate surface area is 194 Å². The minimum atomic E-state index is -0.346. The van der Waals surface area contributed by atoms with Gasteiger partial charge in [0.1, 0.15) is 17.1 Å². The molecule has 2 aromatic heterocycles. The normalized spacial score (nSPS) is 20.6. The van der Waals surface area contributed by atoms with Crippen LogP contribution in [0.15, 0.2) is 28.9 Å². The molecule has 0 radical (unpaired) electrons. The van der Waals surface area contributed by atoms with Gasteiger partial charge >= 0.3 is 0 Å². The quantitative estimate of drug-likeness (QED) is 0.549. The van der Waals surface area contributed by atoms with Crippen molar-refractivity contribution in [2.75, 3.05) is 26.2 Å². The highest BCUT2D eigenvalue weighted by Gasteiger charge is 2.39. The van der Waals surface area contributed by atoms with E-state index in [1.54, 1.807) is 0 Å². The summed E-state index contributed by atoms with van der Waals surface area (Å²) < 4.78 is 22.9. The van der Waals surface area contributed by atoms with Gasteiger partial charge in [0, 0.05) is 31.7 Å². The average Bonchev–Trinajstić information content (AvgIpc) is 3.49. The van der Waals surface area contributed by atoms with Crippen molar-refractivity contribution in [2.24, 2.45) is 11.3 Å². The minimum absolute atomic E-state index is 0.346. The second-order valence-corrected chi connectivity index (χ2v) is 10.4. The summed E-state index contributed by atoms with van der Waals surface area (Å²) in [6.45, 7) is 5.80. The van der Waals surface area contributed by atoms with E-state index in [-0.39, 0.29) is 5.82 Å². The maximum absolute atomic E-state index is 14.1. The number of halogens is 2. The molecule has 3 fully saturated rings. The number of hydrogen-bond acceptors (Lipinski definition) is 6. The molecule has 1 spiro atoms. The van der Waals surface area contributed by atoms with E-state index < -0.39 is 0 Å². The van der Waals surface area contributed by atoms with Gasteiger partial charge in [0.05, 0.1) is 16.2 Å². The summed E-state index contributed by atoms with van der Waals surface area (Å²) in [5.41, 5.74) is 2.99. The SMILES string of the molecule is Fc1cnc(Oc2ccc3c(nnn3CC3CC3)c2Br)c(CN2CCC3(CC2)CNC3)c1. The number of fused-ring (bicyclic) bond motifs is 1. The summed E-state index contributed by atoms with van der Waals surface area (Å²) in [6.07, 6.45) is 6.09. The molecule has 3 aliphatic rings. The summed E-state index contributed by atoms with van der Waals surface area (Å²) >= 11 is 3.64. The summed E-state index contributed by atoms with van der Waals surface area (Å²) in [6, 6.07) is 5.43. The first kappa shape index (κ1) is 20.5. The molecule has 32 heavy (non-hydrogen) atoms. The number of piperidine rings is 1. The lowest BCUT2D eigenvalue weighted by molar-refractivity contribution is 0.0516. The van der Waals surface area contributed by atoms with Crippen LogP contribution in [0.25, 0.3) is 11.0 Å². The summed E-state index contributed by atoms with van der Waals surface area (Å²) in [4.78, 5) is 6.64. The van der Waals surface area contributed by atoms with Crippen molar-refractivity contribution < 1.29 is 9.13 Å². The molecule has 0 atom stereocenters. The van der Waals surface area contributed by atoms with Gasteiger partial charge < -0.3 is 10.1 Å². The first-order valence-electron chi connectivity index (χ1n) is 11.4. The Bertz CT molecular complexity index is 1150. The molecule has 6 rings (SSSR count). The van der Waals surface area contributed by atoms with E-state index in [1.807, 2.05) is 16.8 Å². The van der Waals surface area contributed by atoms with Gasteiger partial charge in [-0.05, 0) is 84.2 Å². The van der Waals surface area contributed by atoms with Gasteiger partial charge in [-0.2, -0.15) is 0 Å². The molecule has 3 aromatic rings. The van der Waals surface area contributed by atoms with Crippen molar-refractivity contribution in [3.05, 3.63) is 40.2 Å². The lowest BCUT2D eigenvalue weighted by Crippen LogP contribution is -2.58. The number of ether oxygens (including phenoxy) is 1. The molecular formula is C23H26BrFN6O. The van der Waals surface area contributed by atoms with Crippen LogP contribution in [0.3, 0.4) is 0 Å². The fourth-order valence-electron chi connectivity index (χ4n) is 4.78. The highest BCUT2D eigenvalue weighted by Crippen LogP contribution is 2.38. The topological polar surface area (TPSA) is 68.1 Å². The molecule has 7 nitrogen and oxygen atoms in total. The number of nitrogens with zero attached hydrogens (tertiary/aromatic N) is 5. The maximum atomic E-state index is 14.1. The number of pyridine rings is 1. The number of aromatic nitrogens is 4. The number of hydrogen-bond donors (Lipinski definition) is 1. The highest BCUT2D eigenvalue weighted by atomic mass is 79.9. The summed E-state index contributed by atoms with van der Waals surface area (Å²) in [5.74, 6) is 1.41. The maximum Gasteiger partial charge on any atom is 0.223 e. The molecule has 1 N–H and O–H groups in total. The van der Waals surface area contributed by atoms with Crippen LogP contribution in [-0.2, 0) is 13.1 Å². The lowest BCUT2D eigenvalue weighted by atomic mass is 9.73. The molecule has 9 heteroatoms. The van der Waals surface area contributed by atoms with Gasteiger partial charge in [0.25, 0.3) is 0 Å². The fraction of sp³-hybridized carbons (Fsp3) is 0.522. The van der Waals surface area contributed by atoms with E-state index in [2.05, 4.69) is 41.4 Å². The molecule has 0 unspecified atom stereocenters. The van der Waals surface area contributed by atoms with Crippen LogP contribution in [0.2, 0.25) is 0 Å². The lowest BCUT2D eigenvalue weighted by Gasteiger charge is -2.48. The Balaban J connectivity index is 1.22. The first-order chi connectivity index (χ1) is 15.6. The van der Waals surface area contributed by atoms with E-state index in [0.717, 1.165) is 53.8 Å².